The van der Waals surface area contributed by atoms with Crippen LogP contribution in [0.25, 0.3) is 10.2 Å². The van der Waals surface area contributed by atoms with Crippen molar-refractivity contribution in [2.45, 2.75) is 12.5 Å². The average molecular weight is 301 g/mol. The Morgan fingerprint density at radius 1 is 1.24 bits per heavy atom. The van der Waals surface area contributed by atoms with Crippen molar-refractivity contribution in [2.24, 2.45) is 5.84 Å². The van der Waals surface area contributed by atoms with Gasteiger partial charge in [0.05, 0.1) is 34.1 Å². The number of hydrogen-bond acceptors (Lipinski definition) is 7. The lowest BCUT2D eigenvalue weighted by atomic mass is 10.1. The lowest BCUT2D eigenvalue weighted by molar-refractivity contribution is 0.389. The van der Waals surface area contributed by atoms with Crippen LogP contribution in [0.4, 0.5) is 0 Å². The molecule has 7 heteroatoms. The molecule has 2 aromatic heterocycles. The molecule has 3 N–H and O–H groups in total. The largest absolute Gasteiger partial charge is 0.480 e. The van der Waals surface area contributed by atoms with Crippen molar-refractivity contribution in [3.05, 3.63) is 47.1 Å². The molecule has 0 bridgehead atoms. The van der Waals surface area contributed by atoms with E-state index in [1.807, 2.05) is 24.3 Å². The predicted molar refractivity (Wildman–Crippen MR) is 82.0 cm³/mol. The van der Waals surface area contributed by atoms with Gasteiger partial charge >= 0.3 is 0 Å². The third-order valence-electron chi connectivity index (χ3n) is 3.14. The van der Waals surface area contributed by atoms with Crippen LogP contribution in [0, 0.1) is 0 Å². The van der Waals surface area contributed by atoms with Crippen molar-refractivity contribution in [1.82, 2.24) is 20.6 Å². The highest BCUT2D eigenvalue weighted by molar-refractivity contribution is 7.18. The minimum Gasteiger partial charge on any atom is -0.480 e. The molecule has 1 atom stereocenters. The van der Waals surface area contributed by atoms with E-state index in [0.29, 0.717) is 12.3 Å². The van der Waals surface area contributed by atoms with Crippen molar-refractivity contribution in [3.63, 3.8) is 0 Å². The van der Waals surface area contributed by atoms with E-state index in [-0.39, 0.29) is 6.04 Å². The van der Waals surface area contributed by atoms with Crippen LogP contribution in [0.1, 0.15) is 16.7 Å². The van der Waals surface area contributed by atoms with Crippen LogP contribution >= 0.6 is 11.3 Å². The van der Waals surface area contributed by atoms with Crippen LogP contribution < -0.4 is 16.0 Å². The molecule has 0 fully saturated rings. The Bertz CT molecular complexity index is 695. The van der Waals surface area contributed by atoms with Crippen molar-refractivity contribution < 1.29 is 4.74 Å². The molecule has 0 spiro atoms. The summed E-state index contributed by atoms with van der Waals surface area (Å²) in [7, 11) is 1.56. The minimum atomic E-state index is -0.135. The number of hydrogen-bond donors (Lipinski definition) is 2. The number of aromatic nitrogens is 3. The fourth-order valence-corrected chi connectivity index (χ4v) is 3.07. The summed E-state index contributed by atoms with van der Waals surface area (Å²) < 4.78 is 6.18. The average Bonchev–Trinajstić information content (AvgIpc) is 2.95. The quantitative estimate of drug-likeness (QED) is 0.552. The lowest BCUT2D eigenvalue weighted by Crippen LogP contribution is -2.30. The van der Waals surface area contributed by atoms with Crippen molar-refractivity contribution in [3.8, 4) is 5.88 Å². The fourth-order valence-electron chi connectivity index (χ4n) is 2.06. The van der Waals surface area contributed by atoms with Gasteiger partial charge in [-0.25, -0.2) is 4.98 Å². The van der Waals surface area contributed by atoms with Crippen LogP contribution in [0.2, 0.25) is 0 Å². The van der Waals surface area contributed by atoms with Crippen molar-refractivity contribution >= 4 is 21.6 Å². The number of nitrogens with one attached hydrogen (secondary N) is 1. The van der Waals surface area contributed by atoms with E-state index < -0.39 is 0 Å². The summed E-state index contributed by atoms with van der Waals surface area (Å²) in [5.41, 5.74) is 4.54. The molecular formula is C14H15N5OS. The SMILES string of the molecule is COc1ccc(C(Cc2nc3ccccc3s2)NN)nn1. The summed E-state index contributed by atoms with van der Waals surface area (Å²) in [5, 5.41) is 9.11. The second-order valence-corrected chi connectivity index (χ2v) is 5.61. The van der Waals surface area contributed by atoms with Gasteiger partial charge in [-0.2, -0.15) is 5.10 Å². The molecule has 3 aromatic rings. The maximum atomic E-state index is 5.65. The molecule has 6 nitrogen and oxygen atoms in total. The molecule has 2 heterocycles. The first kappa shape index (κ1) is 13.9. The molecule has 1 aromatic carbocycles. The number of para-hydroxylation sites is 1. The molecule has 3 rings (SSSR count). The first-order valence-electron chi connectivity index (χ1n) is 6.48. The Hall–Kier alpha value is -2.09. The number of hydrazine groups is 1. The fraction of sp³-hybridized carbons (Fsp3) is 0.214. The Balaban J connectivity index is 1.82. The Labute approximate surface area is 126 Å². The number of nitrogens with two attached hydrogens (primary N) is 1. The molecule has 0 aliphatic rings. The second kappa shape index (κ2) is 6.13. The summed E-state index contributed by atoms with van der Waals surface area (Å²) >= 11 is 1.66. The monoisotopic (exact) mass is 301 g/mol. The first-order valence-corrected chi connectivity index (χ1v) is 7.30. The van der Waals surface area contributed by atoms with Gasteiger partial charge in [-0.15, -0.1) is 16.4 Å². The van der Waals surface area contributed by atoms with Gasteiger partial charge in [-0.3, -0.25) is 11.3 Å². The van der Waals surface area contributed by atoms with E-state index in [1.165, 1.54) is 4.70 Å². The van der Waals surface area contributed by atoms with Crippen molar-refractivity contribution in [2.75, 3.05) is 7.11 Å². The Morgan fingerprint density at radius 3 is 2.76 bits per heavy atom. The highest BCUT2D eigenvalue weighted by atomic mass is 32.1. The summed E-state index contributed by atoms with van der Waals surface area (Å²) in [5.74, 6) is 6.13. The Kier molecular flexibility index (Phi) is 4.05. The smallest absolute Gasteiger partial charge is 0.233 e. The van der Waals surface area contributed by atoms with E-state index in [4.69, 9.17) is 10.6 Å². The number of rotatable bonds is 5. The maximum Gasteiger partial charge on any atom is 0.233 e. The van der Waals surface area contributed by atoms with Crippen LogP contribution in [0.15, 0.2) is 36.4 Å². The number of fused-ring (bicyclic) bond motifs is 1. The third-order valence-corrected chi connectivity index (χ3v) is 4.20. The predicted octanol–water partition coefficient (Wildman–Crippen LogP) is 1.84. The highest BCUT2D eigenvalue weighted by Gasteiger charge is 2.15. The summed E-state index contributed by atoms with van der Waals surface area (Å²) in [4.78, 5) is 4.61. The van der Waals surface area contributed by atoms with Gasteiger partial charge in [0.2, 0.25) is 5.88 Å². The van der Waals surface area contributed by atoms with E-state index in [9.17, 15) is 0 Å². The standard InChI is InChI=1S/C14H15N5OS/c1-20-13-7-6-9(18-19-13)11(17-15)8-14-16-10-4-2-3-5-12(10)21-14/h2-7,11,17H,8,15H2,1H3. The van der Waals surface area contributed by atoms with Gasteiger partial charge in [0, 0.05) is 12.5 Å². The maximum absolute atomic E-state index is 5.65. The molecule has 1 unspecified atom stereocenters. The number of ether oxygens (including phenoxy) is 1. The van der Waals surface area contributed by atoms with E-state index in [0.717, 1.165) is 16.2 Å². The topological polar surface area (TPSA) is 86.0 Å². The zero-order valence-electron chi connectivity index (χ0n) is 11.5. The molecule has 0 aliphatic carbocycles. The van der Waals surface area contributed by atoms with Gasteiger partial charge in [0.25, 0.3) is 0 Å². The highest BCUT2D eigenvalue weighted by Crippen LogP contribution is 2.25. The molecule has 0 amide bonds. The zero-order valence-corrected chi connectivity index (χ0v) is 12.3. The summed E-state index contributed by atoms with van der Waals surface area (Å²) in [6.45, 7) is 0. The molecule has 0 aliphatic heterocycles. The van der Waals surface area contributed by atoms with Crippen LogP contribution in [-0.4, -0.2) is 22.3 Å². The van der Waals surface area contributed by atoms with Gasteiger partial charge in [0.15, 0.2) is 0 Å². The van der Waals surface area contributed by atoms with Gasteiger partial charge in [0.1, 0.15) is 0 Å². The first-order chi connectivity index (χ1) is 10.3. The van der Waals surface area contributed by atoms with E-state index in [2.05, 4.69) is 26.7 Å². The Morgan fingerprint density at radius 2 is 2.10 bits per heavy atom. The van der Waals surface area contributed by atoms with Crippen LogP contribution in [0.3, 0.4) is 0 Å². The lowest BCUT2D eigenvalue weighted by Gasteiger charge is -2.13. The molecule has 108 valence electrons. The van der Waals surface area contributed by atoms with Gasteiger partial charge in [-0.1, -0.05) is 12.1 Å². The number of thiazole rings is 1. The van der Waals surface area contributed by atoms with Gasteiger partial charge in [-0.05, 0) is 18.2 Å². The molecule has 0 radical (unpaired) electrons. The number of benzene rings is 1. The zero-order chi connectivity index (χ0) is 14.7. The molecular weight excluding hydrogens is 286 g/mol. The summed E-state index contributed by atoms with van der Waals surface area (Å²) in [6, 6.07) is 11.6. The van der Waals surface area contributed by atoms with Crippen LogP contribution in [-0.2, 0) is 6.42 Å². The van der Waals surface area contributed by atoms with Crippen molar-refractivity contribution in [1.29, 1.82) is 0 Å². The van der Waals surface area contributed by atoms with E-state index >= 15 is 0 Å². The van der Waals surface area contributed by atoms with Crippen LogP contribution in [0.5, 0.6) is 5.88 Å². The molecule has 0 saturated carbocycles. The second-order valence-electron chi connectivity index (χ2n) is 4.50. The normalized spacial score (nSPS) is 12.5. The third kappa shape index (κ3) is 2.99. The molecule has 0 saturated heterocycles. The van der Waals surface area contributed by atoms with E-state index in [1.54, 1.807) is 24.5 Å². The van der Waals surface area contributed by atoms with Gasteiger partial charge < -0.3 is 4.74 Å². The number of nitrogens with zero attached hydrogens (tertiary/aromatic N) is 3. The minimum absolute atomic E-state index is 0.135. The summed E-state index contributed by atoms with van der Waals surface area (Å²) in [6.07, 6.45) is 0.664. The molecule has 21 heavy (non-hydrogen) atoms. The number of methoxy groups -OCH3 is 1.